The Morgan fingerprint density at radius 2 is 2.22 bits per heavy atom. The van der Waals surface area contributed by atoms with Crippen molar-refractivity contribution in [1.29, 1.82) is 0 Å². The zero-order valence-corrected chi connectivity index (χ0v) is 14.2. The summed E-state index contributed by atoms with van der Waals surface area (Å²) in [5, 5.41) is 2.42. The predicted molar refractivity (Wildman–Crippen MR) is 91.9 cm³/mol. The molecule has 1 aliphatic heterocycles. The lowest BCUT2D eigenvalue weighted by atomic mass is 10.2. The average molecular weight is 367 g/mol. The monoisotopic (exact) mass is 366 g/mol. The number of hydrogen-bond donors (Lipinski definition) is 0. The second-order valence-corrected chi connectivity index (χ2v) is 7.21. The molecule has 0 amide bonds. The van der Waals surface area contributed by atoms with E-state index in [2.05, 4.69) is 4.98 Å². The van der Waals surface area contributed by atoms with E-state index in [1.165, 1.54) is 11.3 Å². The zero-order valence-electron chi connectivity index (χ0n) is 11.8. The van der Waals surface area contributed by atoms with Crippen molar-refractivity contribution < 1.29 is 9.47 Å². The summed E-state index contributed by atoms with van der Waals surface area (Å²) < 4.78 is 12.2. The van der Waals surface area contributed by atoms with Crippen molar-refractivity contribution in [3.05, 3.63) is 56.4 Å². The van der Waals surface area contributed by atoms with Crippen molar-refractivity contribution in [1.82, 2.24) is 9.38 Å². The lowest BCUT2D eigenvalue weighted by Gasteiger charge is -2.05. The molecule has 0 saturated heterocycles. The van der Waals surface area contributed by atoms with Crippen LogP contribution >= 0.6 is 34.7 Å². The Kier molecular flexibility index (Phi) is 3.92. The van der Waals surface area contributed by atoms with Crippen LogP contribution in [0.5, 0.6) is 11.5 Å². The van der Waals surface area contributed by atoms with Crippen LogP contribution in [0.4, 0.5) is 0 Å². The van der Waals surface area contributed by atoms with Crippen molar-refractivity contribution in [2.75, 3.05) is 6.79 Å². The van der Waals surface area contributed by atoms with Gasteiger partial charge in [0.1, 0.15) is 0 Å². The number of fused-ring (bicyclic) bond motifs is 2. The van der Waals surface area contributed by atoms with Gasteiger partial charge in [0.05, 0.1) is 10.7 Å². The van der Waals surface area contributed by atoms with Crippen LogP contribution in [0, 0.1) is 0 Å². The van der Waals surface area contributed by atoms with Crippen molar-refractivity contribution in [2.24, 2.45) is 0 Å². The van der Waals surface area contributed by atoms with Crippen LogP contribution < -0.4 is 15.0 Å². The molecule has 4 rings (SSSR count). The molecule has 0 unspecified atom stereocenters. The molecule has 2 aromatic heterocycles. The van der Waals surface area contributed by atoms with Crippen LogP contribution in [-0.4, -0.2) is 16.2 Å². The van der Waals surface area contributed by atoms with Gasteiger partial charge in [-0.1, -0.05) is 11.6 Å². The third kappa shape index (κ3) is 2.91. The van der Waals surface area contributed by atoms with Crippen molar-refractivity contribution in [3.8, 4) is 11.5 Å². The summed E-state index contributed by atoms with van der Waals surface area (Å²) in [7, 11) is 0. The third-order valence-corrected chi connectivity index (χ3v) is 5.44. The number of rotatable bonds is 4. The first-order valence-electron chi connectivity index (χ1n) is 6.82. The van der Waals surface area contributed by atoms with Gasteiger partial charge in [-0.05, 0) is 17.7 Å². The fourth-order valence-electron chi connectivity index (χ4n) is 2.34. The summed E-state index contributed by atoms with van der Waals surface area (Å²) in [6, 6.07) is 5.40. The van der Waals surface area contributed by atoms with Gasteiger partial charge < -0.3 is 9.47 Å². The zero-order chi connectivity index (χ0) is 15.8. The number of thiazole rings is 1. The molecule has 0 spiro atoms. The number of ether oxygens (including phenoxy) is 2. The van der Waals surface area contributed by atoms with Crippen LogP contribution in [0.3, 0.4) is 0 Å². The van der Waals surface area contributed by atoms with Crippen molar-refractivity contribution in [2.45, 2.75) is 11.5 Å². The first kappa shape index (κ1) is 14.9. The summed E-state index contributed by atoms with van der Waals surface area (Å²) in [5.41, 5.74) is 1.80. The molecule has 1 aromatic carbocycles. The number of hydrogen-bond acceptors (Lipinski definition) is 6. The number of benzene rings is 1. The highest BCUT2D eigenvalue weighted by atomic mass is 35.5. The second kappa shape index (κ2) is 6.07. The minimum absolute atomic E-state index is 0.0435. The molecule has 3 aromatic rings. The van der Waals surface area contributed by atoms with Gasteiger partial charge in [-0.2, -0.15) is 11.8 Å². The molecule has 0 saturated carbocycles. The molecule has 0 N–H and O–H groups in total. The van der Waals surface area contributed by atoms with E-state index in [0.717, 1.165) is 22.0 Å². The maximum Gasteiger partial charge on any atom is 0.258 e. The van der Waals surface area contributed by atoms with E-state index < -0.39 is 0 Å². The summed E-state index contributed by atoms with van der Waals surface area (Å²) in [6.07, 6.45) is 1.74. The highest BCUT2D eigenvalue weighted by Gasteiger charge is 2.18. The van der Waals surface area contributed by atoms with Gasteiger partial charge in [0.15, 0.2) is 16.5 Å². The fourth-order valence-corrected chi connectivity index (χ4v) is 4.23. The molecule has 23 heavy (non-hydrogen) atoms. The molecule has 8 heteroatoms. The van der Waals surface area contributed by atoms with E-state index in [-0.39, 0.29) is 12.4 Å². The van der Waals surface area contributed by atoms with Gasteiger partial charge in [0.2, 0.25) is 6.79 Å². The van der Waals surface area contributed by atoms with Gasteiger partial charge in [0.25, 0.3) is 5.56 Å². The van der Waals surface area contributed by atoms with Gasteiger partial charge >= 0.3 is 0 Å². The lowest BCUT2D eigenvalue weighted by Crippen LogP contribution is -2.12. The van der Waals surface area contributed by atoms with Crippen LogP contribution in [0.25, 0.3) is 4.96 Å². The molecule has 5 nitrogen and oxygen atoms in total. The molecule has 0 bridgehead atoms. The Balaban J connectivity index is 1.47. The maximum absolute atomic E-state index is 11.9. The lowest BCUT2D eigenvalue weighted by molar-refractivity contribution is 0.174. The summed E-state index contributed by atoms with van der Waals surface area (Å²) in [4.78, 5) is 17.2. The molecule has 3 heterocycles. The Labute approximate surface area is 144 Å². The molecular formula is C15H11ClN2O3S2. The first-order chi connectivity index (χ1) is 11.2. The van der Waals surface area contributed by atoms with E-state index >= 15 is 0 Å². The SMILES string of the molecule is O=c1cc(CSCc2cc(Cl)c3c(c2)OCO3)nc2sccn12. The highest BCUT2D eigenvalue weighted by molar-refractivity contribution is 7.97. The molecule has 0 aliphatic carbocycles. The van der Waals surface area contributed by atoms with Crippen molar-refractivity contribution in [3.63, 3.8) is 0 Å². The molecule has 0 fully saturated rings. The third-order valence-electron chi connectivity index (χ3n) is 3.36. The topological polar surface area (TPSA) is 52.8 Å². The molecular weight excluding hydrogens is 356 g/mol. The van der Waals surface area contributed by atoms with E-state index in [4.69, 9.17) is 21.1 Å². The summed E-state index contributed by atoms with van der Waals surface area (Å²) in [5.74, 6) is 2.71. The Morgan fingerprint density at radius 1 is 1.30 bits per heavy atom. The maximum atomic E-state index is 11.9. The van der Waals surface area contributed by atoms with Crippen LogP contribution in [0.2, 0.25) is 5.02 Å². The molecule has 1 aliphatic rings. The second-order valence-electron chi connectivity index (χ2n) is 4.95. The Hall–Kier alpha value is -1.70. The average Bonchev–Trinajstić information content (AvgIpc) is 3.16. The smallest absolute Gasteiger partial charge is 0.258 e. The Morgan fingerprint density at radius 3 is 3.13 bits per heavy atom. The van der Waals surface area contributed by atoms with Crippen LogP contribution in [0.15, 0.2) is 34.6 Å². The van der Waals surface area contributed by atoms with E-state index in [9.17, 15) is 4.79 Å². The molecule has 0 radical (unpaired) electrons. The standard InChI is InChI=1S/C15H11ClN2O3S2/c16-11-3-9(4-12-14(11)21-8-20-12)6-22-7-10-5-13(19)18-1-2-23-15(18)17-10/h1-5H,6-8H2. The molecule has 0 atom stereocenters. The van der Waals surface area contributed by atoms with Gasteiger partial charge in [-0.3, -0.25) is 9.20 Å². The number of halogens is 1. The van der Waals surface area contributed by atoms with Gasteiger partial charge in [-0.15, -0.1) is 11.3 Å². The van der Waals surface area contributed by atoms with E-state index in [1.54, 1.807) is 28.4 Å². The fraction of sp³-hybridized carbons (Fsp3) is 0.200. The quantitative estimate of drug-likeness (QED) is 0.706. The number of thioether (sulfide) groups is 1. The summed E-state index contributed by atoms with van der Waals surface area (Å²) in [6.45, 7) is 0.209. The highest BCUT2D eigenvalue weighted by Crippen LogP contribution is 2.40. The van der Waals surface area contributed by atoms with Crippen LogP contribution in [-0.2, 0) is 11.5 Å². The largest absolute Gasteiger partial charge is 0.454 e. The number of aromatic nitrogens is 2. The van der Waals surface area contributed by atoms with Gasteiger partial charge in [-0.25, -0.2) is 4.98 Å². The normalized spacial score (nSPS) is 12.9. The molecule has 118 valence electrons. The van der Waals surface area contributed by atoms with E-state index in [1.807, 2.05) is 17.5 Å². The Bertz CT molecular complexity index is 938. The predicted octanol–water partition coefficient (Wildman–Crippen LogP) is 3.57. The van der Waals surface area contributed by atoms with Crippen LogP contribution in [0.1, 0.15) is 11.3 Å². The van der Waals surface area contributed by atoms with E-state index in [0.29, 0.717) is 22.3 Å². The van der Waals surface area contributed by atoms with Crippen molar-refractivity contribution >= 4 is 39.7 Å². The minimum Gasteiger partial charge on any atom is -0.454 e. The minimum atomic E-state index is -0.0435. The van der Waals surface area contributed by atoms with Gasteiger partial charge in [0, 0.05) is 29.1 Å². The summed E-state index contributed by atoms with van der Waals surface area (Å²) >= 11 is 9.30. The first-order valence-corrected chi connectivity index (χ1v) is 9.23. The number of nitrogens with zero attached hydrogens (tertiary/aromatic N) is 2.